The zero-order valence-corrected chi connectivity index (χ0v) is 13.9. The number of piperidine rings is 1. The molecule has 0 amide bonds. The van der Waals surface area contributed by atoms with Gasteiger partial charge in [-0.3, -0.25) is 0 Å². The first kappa shape index (κ1) is 18.4. The molecule has 0 aromatic heterocycles. The predicted molar refractivity (Wildman–Crippen MR) is 90.3 cm³/mol. The van der Waals surface area contributed by atoms with Crippen LogP contribution in [-0.4, -0.2) is 18.8 Å². The lowest BCUT2D eigenvalue weighted by atomic mass is 9.88. The second-order valence-corrected chi connectivity index (χ2v) is 6.12. The Balaban J connectivity index is 1.70. The van der Waals surface area contributed by atoms with E-state index in [2.05, 4.69) is 10.5 Å². The van der Waals surface area contributed by atoms with E-state index in [-0.39, 0.29) is 18.3 Å². The maximum absolute atomic E-state index is 12.9. The molecule has 1 fully saturated rings. The first-order valence-electron chi connectivity index (χ1n) is 8.24. The summed E-state index contributed by atoms with van der Waals surface area (Å²) >= 11 is 0. The third-order valence-corrected chi connectivity index (χ3v) is 4.28. The van der Waals surface area contributed by atoms with Gasteiger partial charge in [-0.25, -0.2) is 4.39 Å². The molecule has 26 heavy (non-hydrogen) atoms. The van der Waals surface area contributed by atoms with Gasteiger partial charge in [-0.15, -0.1) is 0 Å². The highest BCUT2D eigenvalue weighted by atomic mass is 19.4. The largest absolute Gasteiger partial charge is 0.416 e. The fraction of sp³-hybridized carbons (Fsp3) is 0.316. The summed E-state index contributed by atoms with van der Waals surface area (Å²) in [6.45, 7) is 1.46. The normalized spacial score (nSPS) is 19.5. The Morgan fingerprint density at radius 1 is 1.04 bits per heavy atom. The van der Waals surface area contributed by atoms with E-state index in [1.807, 2.05) is 0 Å². The fourth-order valence-corrected chi connectivity index (χ4v) is 2.88. The van der Waals surface area contributed by atoms with E-state index in [1.165, 1.54) is 24.3 Å². The molecule has 0 saturated carbocycles. The van der Waals surface area contributed by atoms with Crippen molar-refractivity contribution in [2.24, 2.45) is 5.16 Å². The highest BCUT2D eigenvalue weighted by Gasteiger charge is 2.31. The minimum absolute atomic E-state index is 0.0910. The molecular formula is C19H18F4N2O. The monoisotopic (exact) mass is 366 g/mol. The van der Waals surface area contributed by atoms with E-state index in [1.54, 1.807) is 12.1 Å². The third kappa shape index (κ3) is 4.60. The van der Waals surface area contributed by atoms with Gasteiger partial charge in [0.1, 0.15) is 12.4 Å². The Morgan fingerprint density at radius 2 is 1.73 bits per heavy atom. The number of rotatable bonds is 4. The molecule has 2 aromatic rings. The Labute approximate surface area is 148 Å². The van der Waals surface area contributed by atoms with Crippen molar-refractivity contribution in [1.29, 1.82) is 0 Å². The summed E-state index contributed by atoms with van der Waals surface area (Å²) in [7, 11) is 0. The van der Waals surface area contributed by atoms with Crippen molar-refractivity contribution >= 4 is 5.71 Å². The minimum atomic E-state index is -4.35. The molecule has 0 aliphatic carbocycles. The second-order valence-electron chi connectivity index (χ2n) is 6.12. The third-order valence-electron chi connectivity index (χ3n) is 4.28. The Morgan fingerprint density at radius 3 is 2.38 bits per heavy atom. The summed E-state index contributed by atoms with van der Waals surface area (Å²) in [6, 6.07) is 11.1. The molecule has 7 heteroatoms. The van der Waals surface area contributed by atoms with Crippen molar-refractivity contribution in [1.82, 2.24) is 5.32 Å². The van der Waals surface area contributed by atoms with Gasteiger partial charge in [0.2, 0.25) is 0 Å². The average molecular weight is 366 g/mol. The topological polar surface area (TPSA) is 33.6 Å². The van der Waals surface area contributed by atoms with Crippen LogP contribution >= 0.6 is 0 Å². The van der Waals surface area contributed by atoms with Gasteiger partial charge >= 0.3 is 6.18 Å². The lowest BCUT2D eigenvalue weighted by Gasteiger charge is -2.25. The number of alkyl halides is 3. The van der Waals surface area contributed by atoms with Gasteiger partial charge in [0.25, 0.3) is 0 Å². The second kappa shape index (κ2) is 7.86. The first-order chi connectivity index (χ1) is 12.4. The van der Waals surface area contributed by atoms with Gasteiger partial charge in [-0.05, 0) is 48.4 Å². The lowest BCUT2D eigenvalue weighted by molar-refractivity contribution is -0.137. The van der Waals surface area contributed by atoms with Gasteiger partial charge in [0, 0.05) is 12.5 Å². The summed E-state index contributed by atoms with van der Waals surface area (Å²) in [5.41, 5.74) is 1.63. The zero-order valence-electron chi connectivity index (χ0n) is 13.9. The van der Waals surface area contributed by atoms with Crippen LogP contribution in [0.5, 0.6) is 0 Å². The number of hydrogen-bond acceptors (Lipinski definition) is 3. The summed E-state index contributed by atoms with van der Waals surface area (Å²) in [5, 5.41) is 7.35. The molecule has 0 bridgehead atoms. The van der Waals surface area contributed by atoms with E-state index >= 15 is 0 Å². The van der Waals surface area contributed by atoms with Crippen LogP contribution in [-0.2, 0) is 17.6 Å². The van der Waals surface area contributed by atoms with E-state index in [9.17, 15) is 17.6 Å². The summed E-state index contributed by atoms with van der Waals surface area (Å²) in [6.07, 6.45) is -3.62. The average Bonchev–Trinajstić information content (AvgIpc) is 2.63. The molecule has 1 unspecified atom stereocenters. The van der Waals surface area contributed by atoms with Crippen molar-refractivity contribution in [3.8, 4) is 0 Å². The van der Waals surface area contributed by atoms with Crippen LogP contribution < -0.4 is 5.32 Å². The smallest absolute Gasteiger partial charge is 0.391 e. The maximum Gasteiger partial charge on any atom is 0.416 e. The molecule has 0 spiro atoms. The summed E-state index contributed by atoms with van der Waals surface area (Å²) < 4.78 is 51.0. The standard InChI is InChI=1S/C19H18F4N2O/c20-16-7-1-13(2-8-16)12-26-25-18-11-24-10-9-17(18)14-3-5-15(6-4-14)19(21,22)23/h1-8,17,24H,9-12H2/b25-18-. The number of hydrogen-bond donors (Lipinski definition) is 1. The predicted octanol–water partition coefficient (Wildman–Crippen LogP) is 4.49. The highest BCUT2D eigenvalue weighted by Crippen LogP contribution is 2.31. The number of nitrogens with zero attached hydrogens (tertiary/aromatic N) is 1. The van der Waals surface area contributed by atoms with Crippen LogP contribution in [0.3, 0.4) is 0 Å². The Bertz CT molecular complexity index is 755. The molecule has 138 valence electrons. The fourth-order valence-electron chi connectivity index (χ4n) is 2.88. The minimum Gasteiger partial charge on any atom is -0.391 e. The van der Waals surface area contributed by atoms with E-state index in [4.69, 9.17) is 4.84 Å². The molecule has 2 aromatic carbocycles. The first-order valence-corrected chi connectivity index (χ1v) is 8.24. The van der Waals surface area contributed by atoms with Crippen LogP contribution in [0.2, 0.25) is 0 Å². The lowest BCUT2D eigenvalue weighted by Crippen LogP contribution is -2.36. The number of nitrogens with one attached hydrogen (secondary N) is 1. The molecule has 3 rings (SSSR count). The molecule has 1 atom stereocenters. The van der Waals surface area contributed by atoms with E-state index < -0.39 is 11.7 Å². The molecule has 0 radical (unpaired) electrons. The van der Waals surface area contributed by atoms with Crippen LogP contribution in [0.1, 0.15) is 29.0 Å². The molecule has 1 N–H and O–H groups in total. The van der Waals surface area contributed by atoms with Crippen molar-refractivity contribution < 1.29 is 22.4 Å². The number of halogens is 4. The van der Waals surface area contributed by atoms with E-state index in [0.717, 1.165) is 41.9 Å². The summed E-state index contributed by atoms with van der Waals surface area (Å²) in [5.74, 6) is -0.411. The Kier molecular flexibility index (Phi) is 5.56. The van der Waals surface area contributed by atoms with Gasteiger partial charge in [-0.1, -0.05) is 29.4 Å². The molecule has 1 heterocycles. The van der Waals surface area contributed by atoms with Crippen LogP contribution in [0, 0.1) is 5.82 Å². The SMILES string of the molecule is Fc1ccc(CO/N=C2/CNCCC2c2ccc(C(F)(F)F)cc2)cc1. The van der Waals surface area contributed by atoms with Crippen LogP contribution in [0.4, 0.5) is 17.6 Å². The molecular weight excluding hydrogens is 348 g/mol. The Hall–Kier alpha value is -2.41. The van der Waals surface area contributed by atoms with Gasteiger partial charge in [0.05, 0.1) is 11.3 Å². The quantitative estimate of drug-likeness (QED) is 0.639. The maximum atomic E-state index is 12.9. The van der Waals surface area contributed by atoms with Crippen LogP contribution in [0.25, 0.3) is 0 Å². The number of oxime groups is 1. The molecule has 1 aliphatic heterocycles. The van der Waals surface area contributed by atoms with Gasteiger partial charge in [-0.2, -0.15) is 13.2 Å². The zero-order chi connectivity index (χ0) is 18.6. The van der Waals surface area contributed by atoms with Gasteiger partial charge < -0.3 is 10.2 Å². The van der Waals surface area contributed by atoms with E-state index in [0.29, 0.717) is 6.54 Å². The molecule has 3 nitrogen and oxygen atoms in total. The van der Waals surface area contributed by atoms with Crippen LogP contribution in [0.15, 0.2) is 53.7 Å². The van der Waals surface area contributed by atoms with Gasteiger partial charge in [0.15, 0.2) is 0 Å². The highest BCUT2D eigenvalue weighted by molar-refractivity contribution is 5.93. The van der Waals surface area contributed by atoms with Crippen molar-refractivity contribution in [3.63, 3.8) is 0 Å². The van der Waals surface area contributed by atoms with Crippen molar-refractivity contribution in [2.45, 2.75) is 25.1 Å². The van der Waals surface area contributed by atoms with Crippen molar-refractivity contribution in [3.05, 3.63) is 71.0 Å². The molecule has 1 aliphatic rings. The van der Waals surface area contributed by atoms with Crippen molar-refractivity contribution in [2.75, 3.05) is 13.1 Å². The number of benzene rings is 2. The molecule has 1 saturated heterocycles. The summed E-state index contributed by atoms with van der Waals surface area (Å²) in [4.78, 5) is 5.37.